The van der Waals surface area contributed by atoms with E-state index in [1.165, 1.54) is 16.6 Å². The van der Waals surface area contributed by atoms with Gasteiger partial charge in [-0.15, -0.1) is 0 Å². The van der Waals surface area contributed by atoms with E-state index in [2.05, 4.69) is 42.7 Å². The first-order chi connectivity index (χ1) is 7.76. The van der Waals surface area contributed by atoms with Crippen LogP contribution in [0, 0.1) is 6.92 Å². The van der Waals surface area contributed by atoms with Gasteiger partial charge in [-0.05, 0) is 18.2 Å². The molecule has 0 saturated carbocycles. The molecule has 0 aliphatic carbocycles. The Kier molecular flexibility index (Phi) is 3.09. The first-order valence-corrected chi connectivity index (χ1v) is 5.73. The van der Waals surface area contributed by atoms with E-state index in [1.54, 1.807) is 7.11 Å². The normalized spacial score (nSPS) is 10.7. The Labute approximate surface area is 96.5 Å². The van der Waals surface area contributed by atoms with Crippen LogP contribution >= 0.6 is 0 Å². The van der Waals surface area contributed by atoms with Gasteiger partial charge >= 0.3 is 0 Å². The number of fused-ring (bicyclic) bond motifs is 1. The van der Waals surface area contributed by atoms with Gasteiger partial charge < -0.3 is 4.74 Å². The summed E-state index contributed by atoms with van der Waals surface area (Å²) in [5.74, 6) is 0.916. The molecule has 0 saturated heterocycles. The summed E-state index contributed by atoms with van der Waals surface area (Å²) < 4.78 is 7.60. The van der Waals surface area contributed by atoms with E-state index in [9.17, 15) is 0 Å². The smallest absolute Gasteiger partial charge is 0.212 e. The van der Waals surface area contributed by atoms with Crippen LogP contribution < -0.4 is 9.30 Å². The minimum atomic E-state index is 0.916. The first kappa shape index (κ1) is 10.9. The monoisotopic (exact) mass is 216 g/mol. The van der Waals surface area contributed by atoms with Crippen LogP contribution in [-0.4, -0.2) is 7.11 Å². The number of nitrogens with zero attached hydrogens (tertiary/aromatic N) is 1. The van der Waals surface area contributed by atoms with E-state index in [4.69, 9.17) is 4.74 Å². The Hall–Kier alpha value is -1.57. The van der Waals surface area contributed by atoms with Gasteiger partial charge in [-0.3, -0.25) is 0 Å². The lowest BCUT2D eigenvalue weighted by Gasteiger charge is -2.05. The van der Waals surface area contributed by atoms with Gasteiger partial charge in [-0.1, -0.05) is 6.92 Å². The third-order valence-electron chi connectivity index (χ3n) is 2.90. The molecule has 1 heterocycles. The largest absolute Gasteiger partial charge is 0.497 e. The highest BCUT2D eigenvalue weighted by atomic mass is 16.5. The van der Waals surface area contributed by atoms with E-state index in [0.29, 0.717) is 0 Å². The lowest BCUT2D eigenvalue weighted by molar-refractivity contribution is -0.677. The van der Waals surface area contributed by atoms with E-state index in [0.717, 1.165) is 18.7 Å². The molecular formula is C14H18NO+. The van der Waals surface area contributed by atoms with Gasteiger partial charge in [0.2, 0.25) is 5.52 Å². The lowest BCUT2D eigenvalue weighted by atomic mass is 10.1. The van der Waals surface area contributed by atoms with Crippen LogP contribution in [0.4, 0.5) is 0 Å². The van der Waals surface area contributed by atoms with Gasteiger partial charge in [-0.25, -0.2) is 0 Å². The second-order valence-electron chi connectivity index (χ2n) is 4.05. The summed E-state index contributed by atoms with van der Waals surface area (Å²) in [4.78, 5) is 0. The van der Waals surface area contributed by atoms with Crippen molar-refractivity contribution in [2.24, 2.45) is 0 Å². The molecule has 0 fully saturated rings. The van der Waals surface area contributed by atoms with Gasteiger partial charge in [0.25, 0.3) is 0 Å². The number of aromatic nitrogens is 1. The van der Waals surface area contributed by atoms with Gasteiger partial charge in [-0.2, -0.15) is 4.57 Å². The predicted molar refractivity (Wildman–Crippen MR) is 65.7 cm³/mol. The fourth-order valence-electron chi connectivity index (χ4n) is 2.05. The number of aryl methyl sites for hydroxylation is 2. The highest BCUT2D eigenvalue weighted by molar-refractivity contribution is 5.77. The number of benzene rings is 1. The van der Waals surface area contributed by atoms with Crippen LogP contribution in [0.15, 0.2) is 30.3 Å². The Morgan fingerprint density at radius 3 is 2.69 bits per heavy atom. The molecule has 0 amide bonds. The molecule has 1 aromatic heterocycles. The van der Waals surface area contributed by atoms with Crippen LogP contribution in [-0.2, 0) is 6.54 Å². The minimum Gasteiger partial charge on any atom is -0.497 e. The van der Waals surface area contributed by atoms with Gasteiger partial charge in [0, 0.05) is 25.5 Å². The summed E-state index contributed by atoms with van der Waals surface area (Å²) >= 11 is 0. The van der Waals surface area contributed by atoms with Crippen LogP contribution in [0.25, 0.3) is 10.9 Å². The molecule has 2 nitrogen and oxygen atoms in total. The van der Waals surface area contributed by atoms with Gasteiger partial charge in [0.05, 0.1) is 12.5 Å². The fraction of sp³-hybridized carbons (Fsp3) is 0.357. The summed E-state index contributed by atoms with van der Waals surface area (Å²) in [6.45, 7) is 5.42. The maximum Gasteiger partial charge on any atom is 0.212 e. The zero-order chi connectivity index (χ0) is 11.5. The molecule has 0 atom stereocenters. The number of hydrogen-bond donors (Lipinski definition) is 0. The number of pyridine rings is 1. The van der Waals surface area contributed by atoms with Crippen molar-refractivity contribution >= 4 is 10.9 Å². The molecule has 0 spiro atoms. The number of hydrogen-bond acceptors (Lipinski definition) is 1. The molecule has 0 aliphatic rings. The van der Waals surface area contributed by atoms with E-state index < -0.39 is 0 Å². The SMILES string of the molecule is CCC[n+]1c(C)ccc2cc(OC)ccc21. The molecule has 1 aromatic carbocycles. The van der Waals surface area contributed by atoms with Crippen molar-refractivity contribution in [3.8, 4) is 5.75 Å². The molecule has 0 aliphatic heterocycles. The molecule has 0 radical (unpaired) electrons. The minimum absolute atomic E-state index is 0.916. The van der Waals surface area contributed by atoms with Crippen molar-refractivity contribution in [1.82, 2.24) is 0 Å². The zero-order valence-corrected chi connectivity index (χ0v) is 10.2. The topological polar surface area (TPSA) is 13.1 Å². The predicted octanol–water partition coefficient (Wildman–Crippen LogP) is 2.85. The Bertz CT molecular complexity index is 505. The summed E-state index contributed by atoms with van der Waals surface area (Å²) in [6.07, 6.45) is 1.15. The van der Waals surface area contributed by atoms with Crippen molar-refractivity contribution in [2.45, 2.75) is 26.8 Å². The molecule has 0 bridgehead atoms. The van der Waals surface area contributed by atoms with E-state index in [-0.39, 0.29) is 0 Å². The fourth-order valence-corrected chi connectivity index (χ4v) is 2.05. The molecule has 84 valence electrons. The van der Waals surface area contributed by atoms with E-state index >= 15 is 0 Å². The molecular weight excluding hydrogens is 198 g/mol. The maximum absolute atomic E-state index is 5.24. The van der Waals surface area contributed by atoms with Gasteiger partial charge in [0.15, 0.2) is 5.69 Å². The molecule has 2 heteroatoms. The number of methoxy groups -OCH3 is 1. The third kappa shape index (κ3) is 1.87. The molecule has 16 heavy (non-hydrogen) atoms. The zero-order valence-electron chi connectivity index (χ0n) is 10.2. The van der Waals surface area contributed by atoms with Crippen molar-refractivity contribution in [3.05, 3.63) is 36.0 Å². The Balaban J connectivity index is 2.64. The second-order valence-corrected chi connectivity index (χ2v) is 4.05. The number of rotatable bonds is 3. The Morgan fingerprint density at radius 1 is 1.19 bits per heavy atom. The third-order valence-corrected chi connectivity index (χ3v) is 2.90. The molecule has 2 rings (SSSR count). The van der Waals surface area contributed by atoms with Gasteiger partial charge in [0.1, 0.15) is 12.3 Å². The molecule has 0 N–H and O–H groups in total. The van der Waals surface area contributed by atoms with Crippen LogP contribution in [0.3, 0.4) is 0 Å². The molecule has 2 aromatic rings. The highest BCUT2D eigenvalue weighted by Crippen LogP contribution is 2.18. The van der Waals surface area contributed by atoms with E-state index in [1.807, 2.05) is 6.07 Å². The van der Waals surface area contributed by atoms with Crippen molar-refractivity contribution in [2.75, 3.05) is 7.11 Å². The molecule has 0 unspecified atom stereocenters. The number of ether oxygens (including phenoxy) is 1. The Morgan fingerprint density at radius 2 is 2.00 bits per heavy atom. The first-order valence-electron chi connectivity index (χ1n) is 5.73. The average Bonchev–Trinajstić information content (AvgIpc) is 2.32. The van der Waals surface area contributed by atoms with Crippen molar-refractivity contribution in [3.63, 3.8) is 0 Å². The standard InChI is InChI=1S/C14H18NO/c1-4-9-15-11(2)5-6-12-10-13(16-3)7-8-14(12)15/h5-8,10H,4,9H2,1-3H3/q+1. The van der Waals surface area contributed by atoms with Crippen molar-refractivity contribution in [1.29, 1.82) is 0 Å². The summed E-state index contributed by atoms with van der Waals surface area (Å²) in [5.41, 5.74) is 2.59. The van der Waals surface area contributed by atoms with Crippen LogP contribution in [0.2, 0.25) is 0 Å². The maximum atomic E-state index is 5.24. The lowest BCUT2D eigenvalue weighted by Crippen LogP contribution is -2.37. The second kappa shape index (κ2) is 4.52. The van der Waals surface area contributed by atoms with Crippen LogP contribution in [0.5, 0.6) is 5.75 Å². The summed E-state index contributed by atoms with van der Waals surface area (Å²) in [5, 5.41) is 1.23. The van der Waals surface area contributed by atoms with Crippen LogP contribution in [0.1, 0.15) is 19.0 Å². The van der Waals surface area contributed by atoms with Crippen molar-refractivity contribution < 1.29 is 9.30 Å². The summed E-state index contributed by atoms with van der Waals surface area (Å²) in [7, 11) is 1.70. The highest BCUT2D eigenvalue weighted by Gasteiger charge is 2.11. The average molecular weight is 216 g/mol. The summed E-state index contributed by atoms with van der Waals surface area (Å²) in [6, 6.07) is 10.6. The quantitative estimate of drug-likeness (QED) is 0.719.